The molecule has 26 heavy (non-hydrogen) atoms. The third-order valence-corrected chi connectivity index (χ3v) is 6.50. The van der Waals surface area contributed by atoms with Gasteiger partial charge in [-0.1, -0.05) is 24.3 Å². The van der Waals surface area contributed by atoms with Gasteiger partial charge in [-0.15, -0.1) is 11.8 Å². The van der Waals surface area contributed by atoms with E-state index in [4.69, 9.17) is 4.98 Å². The summed E-state index contributed by atoms with van der Waals surface area (Å²) in [5.74, 6) is 0.971. The summed E-state index contributed by atoms with van der Waals surface area (Å²) in [6, 6.07) is 12.5. The van der Waals surface area contributed by atoms with Crippen LogP contribution in [0.2, 0.25) is 0 Å². The summed E-state index contributed by atoms with van der Waals surface area (Å²) in [4.78, 5) is 19.2. The van der Waals surface area contributed by atoms with Crippen molar-refractivity contribution >= 4 is 28.6 Å². The van der Waals surface area contributed by atoms with Crippen LogP contribution in [0, 0.1) is 0 Å². The second-order valence-electron chi connectivity index (χ2n) is 7.07. The van der Waals surface area contributed by atoms with Crippen molar-refractivity contribution in [3.05, 3.63) is 42.1 Å². The molecule has 2 aliphatic rings. The van der Waals surface area contributed by atoms with Crippen LogP contribution in [-0.2, 0) is 4.79 Å². The molecule has 2 aliphatic heterocycles. The topological polar surface area (TPSA) is 57.3 Å². The molecule has 0 aliphatic carbocycles. The second kappa shape index (κ2) is 8.37. The highest BCUT2D eigenvalue weighted by molar-refractivity contribution is 8.01. The predicted octanol–water partition coefficient (Wildman–Crippen LogP) is 2.19. The molecular formula is C20H26N4OS. The number of hydrogen-bond donors (Lipinski definition) is 2. The number of carbonyl (C=O) groups excluding carboxylic acids is 1. The zero-order chi connectivity index (χ0) is 17.8. The Labute approximate surface area is 158 Å². The lowest BCUT2D eigenvalue weighted by molar-refractivity contribution is -0.118. The molecule has 138 valence electrons. The van der Waals surface area contributed by atoms with Crippen LogP contribution in [0.25, 0.3) is 10.9 Å². The average molecular weight is 371 g/mol. The van der Waals surface area contributed by atoms with E-state index in [0.717, 1.165) is 56.8 Å². The second-order valence-corrected chi connectivity index (χ2v) is 8.20. The number of nitrogens with one attached hydrogen (secondary N) is 2. The van der Waals surface area contributed by atoms with Gasteiger partial charge in [0.2, 0.25) is 5.91 Å². The van der Waals surface area contributed by atoms with E-state index < -0.39 is 0 Å². The van der Waals surface area contributed by atoms with Crippen molar-refractivity contribution in [1.82, 2.24) is 20.5 Å². The van der Waals surface area contributed by atoms with Gasteiger partial charge in [0.1, 0.15) is 0 Å². The first-order valence-electron chi connectivity index (χ1n) is 9.49. The van der Waals surface area contributed by atoms with E-state index in [-0.39, 0.29) is 17.2 Å². The summed E-state index contributed by atoms with van der Waals surface area (Å²) >= 11 is 1.72. The molecule has 1 aromatic heterocycles. The van der Waals surface area contributed by atoms with Gasteiger partial charge in [0, 0.05) is 43.2 Å². The number of piperazine rings is 1. The minimum atomic E-state index is 0.138. The SMILES string of the molecule is O=C1CSC(C(CCCN2CCNCC2)c2ccc3ccccc3n2)N1. The third kappa shape index (κ3) is 4.19. The first kappa shape index (κ1) is 17.8. The maximum Gasteiger partial charge on any atom is 0.230 e. The van der Waals surface area contributed by atoms with Crippen molar-refractivity contribution in [3.63, 3.8) is 0 Å². The van der Waals surface area contributed by atoms with Gasteiger partial charge in [-0.3, -0.25) is 9.78 Å². The van der Waals surface area contributed by atoms with Crippen LogP contribution < -0.4 is 10.6 Å². The summed E-state index contributed by atoms with van der Waals surface area (Å²) < 4.78 is 0. The van der Waals surface area contributed by atoms with Gasteiger partial charge in [0.15, 0.2) is 0 Å². The fourth-order valence-corrected chi connectivity index (χ4v) is 4.97. The Balaban J connectivity index is 1.48. The molecule has 0 radical (unpaired) electrons. The number of fused-ring (bicyclic) bond motifs is 1. The number of para-hydroxylation sites is 1. The van der Waals surface area contributed by atoms with E-state index in [1.807, 2.05) is 12.1 Å². The van der Waals surface area contributed by atoms with Gasteiger partial charge in [-0.05, 0) is 31.5 Å². The lowest BCUT2D eigenvalue weighted by atomic mass is 9.97. The molecule has 3 heterocycles. The van der Waals surface area contributed by atoms with E-state index >= 15 is 0 Å². The van der Waals surface area contributed by atoms with Gasteiger partial charge >= 0.3 is 0 Å². The first-order chi connectivity index (χ1) is 12.8. The van der Waals surface area contributed by atoms with Crippen LogP contribution in [0.4, 0.5) is 0 Å². The van der Waals surface area contributed by atoms with Crippen molar-refractivity contribution in [2.75, 3.05) is 38.5 Å². The van der Waals surface area contributed by atoms with Crippen molar-refractivity contribution in [2.24, 2.45) is 0 Å². The average Bonchev–Trinajstić information content (AvgIpc) is 3.12. The number of hydrogen-bond acceptors (Lipinski definition) is 5. The van der Waals surface area contributed by atoms with Crippen LogP contribution in [0.15, 0.2) is 36.4 Å². The molecule has 2 aromatic rings. The summed E-state index contributed by atoms with van der Waals surface area (Å²) in [6.07, 6.45) is 2.18. The van der Waals surface area contributed by atoms with Crippen molar-refractivity contribution in [2.45, 2.75) is 24.1 Å². The molecule has 1 amide bonds. The minimum Gasteiger partial charge on any atom is -0.343 e. The van der Waals surface area contributed by atoms with Crippen molar-refractivity contribution in [3.8, 4) is 0 Å². The van der Waals surface area contributed by atoms with E-state index in [1.54, 1.807) is 11.8 Å². The lowest BCUT2D eigenvalue weighted by Crippen LogP contribution is -2.43. The Hall–Kier alpha value is -1.63. The minimum absolute atomic E-state index is 0.138. The van der Waals surface area contributed by atoms with Crippen LogP contribution >= 0.6 is 11.8 Å². The molecule has 1 aromatic carbocycles. The zero-order valence-electron chi connectivity index (χ0n) is 15.0. The summed E-state index contributed by atoms with van der Waals surface area (Å²) in [5.41, 5.74) is 2.13. The van der Waals surface area contributed by atoms with Gasteiger partial charge in [-0.2, -0.15) is 0 Å². The Bertz CT molecular complexity index is 762. The molecule has 0 spiro atoms. The predicted molar refractivity (Wildman–Crippen MR) is 107 cm³/mol. The van der Waals surface area contributed by atoms with Crippen LogP contribution in [0.5, 0.6) is 0 Å². The Morgan fingerprint density at radius 1 is 1.19 bits per heavy atom. The molecule has 4 rings (SSSR count). The Morgan fingerprint density at radius 2 is 2.04 bits per heavy atom. The fourth-order valence-electron chi connectivity index (χ4n) is 3.84. The monoisotopic (exact) mass is 370 g/mol. The summed E-state index contributed by atoms with van der Waals surface area (Å²) in [6.45, 7) is 5.56. The van der Waals surface area contributed by atoms with E-state index in [9.17, 15) is 4.79 Å². The molecule has 2 fully saturated rings. The molecule has 6 heteroatoms. The lowest BCUT2D eigenvalue weighted by Gasteiger charge is -2.28. The van der Waals surface area contributed by atoms with Gasteiger partial charge in [0.05, 0.1) is 16.6 Å². The standard InChI is InChI=1S/C20H26N4OS/c25-19-14-26-20(23-19)16(5-3-11-24-12-9-21-10-13-24)18-8-7-15-4-1-2-6-17(15)22-18/h1-2,4,6-8,16,20-21H,3,5,9-14H2,(H,23,25). The highest BCUT2D eigenvalue weighted by Gasteiger charge is 2.31. The molecule has 0 bridgehead atoms. The van der Waals surface area contributed by atoms with Crippen LogP contribution in [-0.4, -0.2) is 59.6 Å². The van der Waals surface area contributed by atoms with Crippen molar-refractivity contribution < 1.29 is 4.79 Å². The maximum absolute atomic E-state index is 11.8. The van der Waals surface area contributed by atoms with Gasteiger partial charge in [-0.25, -0.2) is 0 Å². The largest absolute Gasteiger partial charge is 0.343 e. The quantitative estimate of drug-likeness (QED) is 0.816. The first-order valence-corrected chi connectivity index (χ1v) is 10.5. The van der Waals surface area contributed by atoms with Crippen molar-refractivity contribution in [1.29, 1.82) is 0 Å². The number of pyridine rings is 1. The number of amides is 1. The maximum atomic E-state index is 11.8. The molecule has 2 atom stereocenters. The Kier molecular flexibility index (Phi) is 5.72. The van der Waals surface area contributed by atoms with E-state index in [0.29, 0.717) is 5.75 Å². The van der Waals surface area contributed by atoms with Crippen LogP contribution in [0.3, 0.4) is 0 Å². The summed E-state index contributed by atoms with van der Waals surface area (Å²) in [5, 5.41) is 7.86. The van der Waals surface area contributed by atoms with Crippen LogP contribution in [0.1, 0.15) is 24.5 Å². The highest BCUT2D eigenvalue weighted by atomic mass is 32.2. The molecule has 5 nitrogen and oxygen atoms in total. The van der Waals surface area contributed by atoms with E-state index in [2.05, 4.69) is 39.8 Å². The number of benzene rings is 1. The number of rotatable bonds is 6. The Morgan fingerprint density at radius 3 is 2.85 bits per heavy atom. The number of nitrogens with zero attached hydrogens (tertiary/aromatic N) is 2. The number of carbonyl (C=O) groups is 1. The number of thioether (sulfide) groups is 1. The smallest absolute Gasteiger partial charge is 0.230 e. The number of aromatic nitrogens is 1. The molecule has 2 saturated heterocycles. The molecule has 2 N–H and O–H groups in total. The zero-order valence-corrected chi connectivity index (χ0v) is 15.8. The molecular weight excluding hydrogens is 344 g/mol. The third-order valence-electron chi connectivity index (χ3n) is 5.26. The van der Waals surface area contributed by atoms with Gasteiger partial charge in [0.25, 0.3) is 0 Å². The molecule has 2 unspecified atom stereocenters. The van der Waals surface area contributed by atoms with E-state index in [1.165, 1.54) is 5.39 Å². The highest BCUT2D eigenvalue weighted by Crippen LogP contribution is 2.33. The molecule has 0 saturated carbocycles. The van der Waals surface area contributed by atoms with Gasteiger partial charge < -0.3 is 15.5 Å². The fraction of sp³-hybridized carbons (Fsp3) is 0.500. The normalized spacial score (nSPS) is 22.5. The summed E-state index contributed by atoms with van der Waals surface area (Å²) in [7, 11) is 0.